The van der Waals surface area contributed by atoms with Crippen LogP contribution in [0.1, 0.15) is 5.56 Å². The molecule has 0 fully saturated rings. The normalized spacial score (nSPS) is 11.1. The van der Waals surface area contributed by atoms with E-state index in [0.717, 1.165) is 27.9 Å². The van der Waals surface area contributed by atoms with Gasteiger partial charge in [-0.2, -0.15) is 8.78 Å². The van der Waals surface area contributed by atoms with Gasteiger partial charge in [-0.05, 0) is 42.0 Å². The Hall–Kier alpha value is -2.54. The Kier molecular flexibility index (Phi) is 6.80. The number of thioether (sulfide) groups is 1. The Labute approximate surface area is 192 Å². The molecule has 0 saturated heterocycles. The molecule has 3 nitrogen and oxygen atoms in total. The zero-order valence-corrected chi connectivity index (χ0v) is 18.3. The second-order valence-corrected chi connectivity index (χ2v) is 8.29. The van der Waals surface area contributed by atoms with Crippen LogP contribution in [-0.4, -0.2) is 16.2 Å². The summed E-state index contributed by atoms with van der Waals surface area (Å²) in [5.74, 6) is 0.819. The van der Waals surface area contributed by atoms with E-state index < -0.39 is 6.61 Å². The van der Waals surface area contributed by atoms with Crippen molar-refractivity contribution in [2.45, 2.75) is 17.5 Å². The molecule has 0 saturated carbocycles. The maximum absolute atomic E-state index is 12.5. The highest BCUT2D eigenvalue weighted by molar-refractivity contribution is 7.98. The predicted octanol–water partition coefficient (Wildman–Crippen LogP) is 7.74. The Bertz CT molecular complexity index is 1170. The summed E-state index contributed by atoms with van der Waals surface area (Å²) in [6, 6.07) is 21.9. The highest BCUT2D eigenvalue weighted by Gasteiger charge is 2.16. The summed E-state index contributed by atoms with van der Waals surface area (Å²) in [7, 11) is 0. The van der Waals surface area contributed by atoms with E-state index in [1.54, 1.807) is 42.2 Å². The van der Waals surface area contributed by atoms with E-state index >= 15 is 0 Å². The molecular weight excluding hydrogens is 461 g/mol. The number of benzene rings is 3. The van der Waals surface area contributed by atoms with Gasteiger partial charge in [0.05, 0.1) is 21.9 Å². The van der Waals surface area contributed by atoms with Crippen molar-refractivity contribution < 1.29 is 13.5 Å². The van der Waals surface area contributed by atoms with Crippen LogP contribution in [0.2, 0.25) is 10.0 Å². The summed E-state index contributed by atoms with van der Waals surface area (Å²) < 4.78 is 31.5. The summed E-state index contributed by atoms with van der Waals surface area (Å²) in [6.45, 7) is -2.87. The van der Waals surface area contributed by atoms with Gasteiger partial charge in [0.25, 0.3) is 0 Å². The first-order valence-corrected chi connectivity index (χ1v) is 11.0. The minimum Gasteiger partial charge on any atom is -0.435 e. The van der Waals surface area contributed by atoms with Crippen LogP contribution in [0.15, 0.2) is 84.1 Å². The van der Waals surface area contributed by atoms with E-state index in [-0.39, 0.29) is 5.75 Å². The van der Waals surface area contributed by atoms with Crippen LogP contribution in [0.3, 0.4) is 0 Å². The number of nitrogens with zero attached hydrogens (tertiary/aromatic N) is 2. The molecule has 0 aliphatic carbocycles. The second-order valence-electron chi connectivity index (χ2n) is 6.54. The van der Waals surface area contributed by atoms with Gasteiger partial charge in [0.2, 0.25) is 0 Å². The van der Waals surface area contributed by atoms with Crippen LogP contribution >= 0.6 is 35.0 Å². The number of hydrogen-bond acceptors (Lipinski definition) is 3. The van der Waals surface area contributed by atoms with Gasteiger partial charge in [-0.25, -0.2) is 4.98 Å². The smallest absolute Gasteiger partial charge is 0.387 e. The fourth-order valence-electron chi connectivity index (χ4n) is 3.04. The molecular formula is C23H16Cl2F2N2OS. The van der Waals surface area contributed by atoms with Crippen LogP contribution in [0.5, 0.6) is 5.75 Å². The lowest BCUT2D eigenvalue weighted by Gasteiger charge is -2.13. The summed E-state index contributed by atoms with van der Waals surface area (Å²) in [5.41, 5.74) is 3.56. The fourth-order valence-corrected chi connectivity index (χ4v) is 4.29. The molecule has 1 heterocycles. The number of aromatic nitrogens is 2. The molecule has 3 aromatic carbocycles. The monoisotopic (exact) mass is 476 g/mol. The zero-order valence-electron chi connectivity index (χ0n) is 16.0. The molecule has 8 heteroatoms. The average molecular weight is 477 g/mol. The molecule has 4 rings (SSSR count). The molecule has 4 aromatic rings. The Morgan fingerprint density at radius 3 is 2.35 bits per heavy atom. The number of imidazole rings is 1. The third kappa shape index (κ3) is 5.21. The first kappa shape index (κ1) is 21.7. The number of hydrogen-bond donors (Lipinski definition) is 0. The number of alkyl halides is 2. The van der Waals surface area contributed by atoms with E-state index in [4.69, 9.17) is 23.2 Å². The minimum atomic E-state index is -2.87. The first-order valence-electron chi connectivity index (χ1n) is 9.26. The predicted molar refractivity (Wildman–Crippen MR) is 122 cm³/mol. The molecule has 0 unspecified atom stereocenters. The quantitative estimate of drug-likeness (QED) is 0.255. The number of halogens is 4. The van der Waals surface area contributed by atoms with Gasteiger partial charge in [-0.3, -0.25) is 4.57 Å². The van der Waals surface area contributed by atoms with Crippen LogP contribution in [0.25, 0.3) is 16.9 Å². The molecule has 0 aliphatic heterocycles. The van der Waals surface area contributed by atoms with Gasteiger partial charge in [0, 0.05) is 17.0 Å². The first-order chi connectivity index (χ1) is 15.0. The van der Waals surface area contributed by atoms with Crippen molar-refractivity contribution in [2.75, 3.05) is 0 Å². The number of rotatable bonds is 7. The number of ether oxygens (including phenoxy) is 1. The van der Waals surface area contributed by atoms with Crippen molar-refractivity contribution in [2.24, 2.45) is 0 Å². The van der Waals surface area contributed by atoms with Crippen molar-refractivity contribution in [3.63, 3.8) is 0 Å². The molecule has 0 aliphatic rings. The van der Waals surface area contributed by atoms with E-state index in [2.05, 4.69) is 21.9 Å². The van der Waals surface area contributed by atoms with Crippen molar-refractivity contribution in [1.29, 1.82) is 0 Å². The minimum absolute atomic E-state index is 0.0911. The molecule has 0 radical (unpaired) electrons. The van der Waals surface area contributed by atoms with Crippen molar-refractivity contribution >= 4 is 35.0 Å². The Morgan fingerprint density at radius 2 is 1.68 bits per heavy atom. The topological polar surface area (TPSA) is 27.1 Å². The Morgan fingerprint density at radius 1 is 0.935 bits per heavy atom. The van der Waals surface area contributed by atoms with Crippen molar-refractivity contribution in [3.8, 4) is 22.7 Å². The summed E-state index contributed by atoms with van der Waals surface area (Å²) in [4.78, 5) is 4.61. The highest BCUT2D eigenvalue weighted by Crippen LogP contribution is 2.34. The van der Waals surface area contributed by atoms with Gasteiger partial charge in [-0.15, -0.1) is 0 Å². The Balaban J connectivity index is 1.73. The third-order valence-electron chi connectivity index (χ3n) is 4.48. The largest absolute Gasteiger partial charge is 0.435 e. The molecule has 0 atom stereocenters. The van der Waals surface area contributed by atoms with Gasteiger partial charge >= 0.3 is 6.61 Å². The van der Waals surface area contributed by atoms with Crippen molar-refractivity contribution in [3.05, 3.63) is 94.6 Å². The SMILES string of the molecule is FC(F)Oc1ccc(-n2c(-c3ccc(Cl)c(Cl)c3)cnc2SCc2ccccc2)cc1. The average Bonchev–Trinajstić information content (AvgIpc) is 3.19. The molecule has 0 bridgehead atoms. The summed E-state index contributed by atoms with van der Waals surface area (Å²) in [6.07, 6.45) is 1.76. The fraction of sp³-hybridized carbons (Fsp3) is 0.0870. The molecule has 0 amide bonds. The molecule has 0 spiro atoms. The second kappa shape index (κ2) is 9.73. The zero-order chi connectivity index (χ0) is 21.8. The van der Waals surface area contributed by atoms with Crippen LogP contribution in [-0.2, 0) is 5.75 Å². The summed E-state index contributed by atoms with van der Waals surface area (Å²) in [5, 5.41) is 1.65. The van der Waals surface area contributed by atoms with Crippen LogP contribution in [0, 0.1) is 0 Å². The highest BCUT2D eigenvalue weighted by atomic mass is 35.5. The van der Waals surface area contributed by atoms with E-state index in [1.165, 1.54) is 17.7 Å². The van der Waals surface area contributed by atoms with E-state index in [9.17, 15) is 8.78 Å². The lowest BCUT2D eigenvalue weighted by Crippen LogP contribution is -2.03. The third-order valence-corrected chi connectivity index (χ3v) is 6.24. The lowest BCUT2D eigenvalue weighted by molar-refractivity contribution is -0.0498. The van der Waals surface area contributed by atoms with E-state index in [0.29, 0.717) is 10.0 Å². The van der Waals surface area contributed by atoms with Gasteiger partial charge < -0.3 is 4.74 Å². The molecule has 1 aromatic heterocycles. The van der Waals surface area contributed by atoms with Crippen molar-refractivity contribution in [1.82, 2.24) is 9.55 Å². The molecule has 31 heavy (non-hydrogen) atoms. The van der Waals surface area contributed by atoms with Gasteiger partial charge in [0.15, 0.2) is 5.16 Å². The summed E-state index contributed by atoms with van der Waals surface area (Å²) >= 11 is 13.9. The molecule has 158 valence electrons. The maximum Gasteiger partial charge on any atom is 0.387 e. The van der Waals surface area contributed by atoms with Gasteiger partial charge in [0.1, 0.15) is 5.75 Å². The van der Waals surface area contributed by atoms with Crippen LogP contribution < -0.4 is 4.74 Å². The lowest BCUT2D eigenvalue weighted by atomic mass is 10.1. The van der Waals surface area contributed by atoms with Crippen LogP contribution in [0.4, 0.5) is 8.78 Å². The standard InChI is InChI=1S/C23H16Cl2F2N2OS/c24-19-11-6-16(12-20(19)25)21-13-28-23(31-14-15-4-2-1-3-5-15)29(21)17-7-9-18(10-8-17)30-22(26)27/h1-13,22H,14H2. The van der Waals surface area contributed by atoms with E-state index in [1.807, 2.05) is 28.8 Å². The maximum atomic E-state index is 12.5. The van der Waals surface area contributed by atoms with Gasteiger partial charge in [-0.1, -0.05) is 71.4 Å². The molecule has 0 N–H and O–H groups in total.